The molecule has 1 fully saturated rings. The van der Waals surface area contributed by atoms with Gasteiger partial charge in [0, 0.05) is 6.42 Å². The second kappa shape index (κ2) is 8.59. The molecule has 0 atom stereocenters. The predicted octanol–water partition coefficient (Wildman–Crippen LogP) is 4.52. The first-order valence-electron chi connectivity index (χ1n) is 10.5. The minimum Gasteiger partial charge on any atom is -0.462 e. The van der Waals surface area contributed by atoms with Crippen molar-refractivity contribution in [2.24, 2.45) is 0 Å². The summed E-state index contributed by atoms with van der Waals surface area (Å²) in [5, 5.41) is 4.50. The number of ether oxygens (including phenoxy) is 1. The summed E-state index contributed by atoms with van der Waals surface area (Å²) in [5.41, 5.74) is 10.3. The van der Waals surface area contributed by atoms with Crippen LogP contribution in [-0.2, 0) is 6.42 Å². The van der Waals surface area contributed by atoms with Crippen LogP contribution in [0.5, 0.6) is 6.01 Å². The Morgan fingerprint density at radius 1 is 1.14 bits per heavy atom. The van der Waals surface area contributed by atoms with Crippen LogP contribution in [0.3, 0.4) is 0 Å². The molecule has 6 nitrogen and oxygen atoms in total. The zero-order valence-electron chi connectivity index (χ0n) is 16.6. The summed E-state index contributed by atoms with van der Waals surface area (Å²) >= 11 is 0. The number of nitrogen functional groups attached to an aromatic ring is 1. The first kappa shape index (κ1) is 18.7. The van der Waals surface area contributed by atoms with E-state index in [2.05, 4.69) is 46.3 Å². The second-order valence-electron chi connectivity index (χ2n) is 7.72. The minimum absolute atomic E-state index is 0.311. The van der Waals surface area contributed by atoms with Crippen LogP contribution in [-0.4, -0.2) is 26.2 Å². The number of fused-ring (bicyclic) bond motifs is 1. The number of rotatable bonds is 7. The standard InChI is InChI=1S/C22H29N5O/c1-2-3-13-28-22-25-20(23)21-24-15-19(27(21)26-22)14-16-9-11-18(12-10-16)17-7-5-4-6-8-17/h9-12,15,17H,2-8,13-14H2,1H3,(H2,23,25,26). The molecule has 2 N–H and O–H groups in total. The van der Waals surface area contributed by atoms with E-state index >= 15 is 0 Å². The lowest BCUT2D eigenvalue weighted by atomic mass is 9.84. The Balaban J connectivity index is 1.52. The Morgan fingerprint density at radius 3 is 2.68 bits per heavy atom. The van der Waals surface area contributed by atoms with Gasteiger partial charge in [0.1, 0.15) is 0 Å². The van der Waals surface area contributed by atoms with Crippen molar-refractivity contribution in [3.63, 3.8) is 0 Å². The molecule has 4 rings (SSSR count). The number of nitrogens with zero attached hydrogens (tertiary/aromatic N) is 4. The number of aromatic nitrogens is 4. The van der Waals surface area contributed by atoms with Gasteiger partial charge in [0.2, 0.25) is 0 Å². The smallest absolute Gasteiger partial charge is 0.336 e. The molecule has 0 aliphatic heterocycles. The Hall–Kier alpha value is -2.63. The summed E-state index contributed by atoms with van der Waals surface area (Å²) in [5.74, 6) is 1.08. The molecule has 1 aliphatic carbocycles. The maximum atomic E-state index is 6.06. The average molecular weight is 380 g/mol. The van der Waals surface area contributed by atoms with E-state index in [4.69, 9.17) is 10.5 Å². The highest BCUT2D eigenvalue weighted by Gasteiger charge is 2.16. The molecule has 3 aromatic rings. The number of unbranched alkanes of at least 4 members (excludes halogenated alkanes) is 1. The number of hydrogen-bond donors (Lipinski definition) is 1. The topological polar surface area (TPSA) is 78.3 Å². The van der Waals surface area contributed by atoms with Crippen molar-refractivity contribution in [1.29, 1.82) is 0 Å². The molecule has 0 unspecified atom stereocenters. The molecule has 0 amide bonds. The summed E-state index contributed by atoms with van der Waals surface area (Å²) in [4.78, 5) is 8.62. The summed E-state index contributed by atoms with van der Waals surface area (Å²) in [6.07, 6.45) is 11.3. The third-order valence-electron chi connectivity index (χ3n) is 5.61. The van der Waals surface area contributed by atoms with Gasteiger partial charge < -0.3 is 10.5 Å². The molecule has 148 valence electrons. The third-order valence-corrected chi connectivity index (χ3v) is 5.61. The number of benzene rings is 1. The lowest BCUT2D eigenvalue weighted by Gasteiger charge is -2.22. The van der Waals surface area contributed by atoms with E-state index in [1.807, 2.05) is 6.20 Å². The Labute approximate surface area is 166 Å². The fourth-order valence-electron chi connectivity index (χ4n) is 3.97. The fourth-order valence-corrected chi connectivity index (χ4v) is 3.97. The molecular weight excluding hydrogens is 350 g/mol. The van der Waals surface area contributed by atoms with Crippen molar-refractivity contribution >= 4 is 11.5 Å². The van der Waals surface area contributed by atoms with Crippen LogP contribution in [0.1, 0.15) is 74.6 Å². The van der Waals surface area contributed by atoms with Crippen LogP contribution < -0.4 is 10.5 Å². The second-order valence-corrected chi connectivity index (χ2v) is 7.72. The van der Waals surface area contributed by atoms with Gasteiger partial charge in [0.15, 0.2) is 11.5 Å². The van der Waals surface area contributed by atoms with Gasteiger partial charge in [0.25, 0.3) is 0 Å². The molecule has 28 heavy (non-hydrogen) atoms. The van der Waals surface area contributed by atoms with E-state index < -0.39 is 0 Å². The summed E-state index contributed by atoms with van der Waals surface area (Å²) in [7, 11) is 0. The maximum Gasteiger partial charge on any atom is 0.336 e. The van der Waals surface area contributed by atoms with E-state index in [1.54, 1.807) is 4.52 Å². The van der Waals surface area contributed by atoms with Crippen LogP contribution in [0.2, 0.25) is 0 Å². The van der Waals surface area contributed by atoms with Crippen LogP contribution in [0, 0.1) is 0 Å². The van der Waals surface area contributed by atoms with Crippen molar-refractivity contribution in [3.05, 3.63) is 47.3 Å². The van der Waals surface area contributed by atoms with Gasteiger partial charge in [-0.25, -0.2) is 9.50 Å². The van der Waals surface area contributed by atoms with E-state index in [0.29, 0.717) is 24.1 Å². The first-order valence-corrected chi connectivity index (χ1v) is 10.5. The average Bonchev–Trinajstić information content (AvgIpc) is 3.13. The zero-order chi connectivity index (χ0) is 19.3. The molecule has 1 aliphatic rings. The molecule has 1 aromatic carbocycles. The van der Waals surface area contributed by atoms with Gasteiger partial charge in [-0.2, -0.15) is 4.98 Å². The van der Waals surface area contributed by atoms with Crippen molar-refractivity contribution < 1.29 is 4.74 Å². The Morgan fingerprint density at radius 2 is 1.93 bits per heavy atom. The van der Waals surface area contributed by atoms with Crippen LogP contribution in [0.4, 0.5) is 5.82 Å². The normalized spacial score (nSPS) is 15.2. The SMILES string of the molecule is CCCCOc1nc(N)c2ncc(Cc3ccc(C4CCCCC4)cc3)n2n1. The molecule has 0 bridgehead atoms. The number of imidazole rings is 1. The summed E-state index contributed by atoms with van der Waals surface area (Å²) < 4.78 is 7.40. The zero-order valence-corrected chi connectivity index (χ0v) is 16.6. The van der Waals surface area contributed by atoms with E-state index in [1.165, 1.54) is 43.2 Å². The monoisotopic (exact) mass is 379 g/mol. The van der Waals surface area contributed by atoms with Crippen molar-refractivity contribution in [1.82, 2.24) is 19.6 Å². The fraction of sp³-hybridized carbons (Fsp3) is 0.500. The predicted molar refractivity (Wildman–Crippen MR) is 111 cm³/mol. The number of hydrogen-bond acceptors (Lipinski definition) is 5. The lowest BCUT2D eigenvalue weighted by molar-refractivity contribution is 0.280. The maximum absolute atomic E-state index is 6.06. The molecule has 6 heteroatoms. The van der Waals surface area contributed by atoms with E-state index in [0.717, 1.165) is 30.9 Å². The highest BCUT2D eigenvalue weighted by Crippen LogP contribution is 2.32. The summed E-state index contributed by atoms with van der Waals surface area (Å²) in [6, 6.07) is 9.35. The summed E-state index contributed by atoms with van der Waals surface area (Å²) in [6.45, 7) is 2.71. The first-order chi connectivity index (χ1) is 13.7. The Bertz CT molecular complexity index is 913. The highest BCUT2D eigenvalue weighted by atomic mass is 16.5. The van der Waals surface area contributed by atoms with Gasteiger partial charge in [-0.1, -0.05) is 56.9 Å². The number of nitrogens with two attached hydrogens (primary N) is 1. The highest BCUT2D eigenvalue weighted by molar-refractivity contribution is 5.59. The molecule has 0 saturated heterocycles. The van der Waals surface area contributed by atoms with Crippen molar-refractivity contribution in [3.8, 4) is 6.01 Å². The third kappa shape index (κ3) is 4.11. The quantitative estimate of drug-likeness (QED) is 0.611. The number of anilines is 1. The van der Waals surface area contributed by atoms with Crippen LogP contribution >= 0.6 is 0 Å². The minimum atomic E-state index is 0.311. The van der Waals surface area contributed by atoms with Gasteiger partial charge in [-0.3, -0.25) is 0 Å². The molecule has 0 spiro atoms. The van der Waals surface area contributed by atoms with Gasteiger partial charge in [0.05, 0.1) is 18.5 Å². The lowest BCUT2D eigenvalue weighted by Crippen LogP contribution is -2.09. The molecule has 1 saturated carbocycles. The molecule has 2 aromatic heterocycles. The van der Waals surface area contributed by atoms with Crippen LogP contribution in [0.25, 0.3) is 5.65 Å². The Kier molecular flexibility index (Phi) is 5.74. The van der Waals surface area contributed by atoms with Crippen molar-refractivity contribution in [2.45, 2.75) is 64.2 Å². The van der Waals surface area contributed by atoms with Gasteiger partial charge in [-0.05, 0) is 36.3 Å². The van der Waals surface area contributed by atoms with E-state index in [-0.39, 0.29) is 0 Å². The van der Waals surface area contributed by atoms with Crippen LogP contribution in [0.15, 0.2) is 30.5 Å². The molecular formula is C22H29N5O. The molecule has 0 radical (unpaired) electrons. The largest absolute Gasteiger partial charge is 0.462 e. The van der Waals surface area contributed by atoms with E-state index in [9.17, 15) is 0 Å². The van der Waals surface area contributed by atoms with Crippen molar-refractivity contribution in [2.75, 3.05) is 12.3 Å². The van der Waals surface area contributed by atoms with Gasteiger partial charge >= 0.3 is 6.01 Å². The molecule has 2 heterocycles. The van der Waals surface area contributed by atoms with Gasteiger partial charge in [-0.15, -0.1) is 5.10 Å².